The van der Waals surface area contributed by atoms with Crippen LogP contribution in [0.15, 0.2) is 24.3 Å². The van der Waals surface area contributed by atoms with Gasteiger partial charge in [-0.25, -0.2) is 0 Å². The maximum atomic E-state index is 12.8. The highest BCUT2D eigenvalue weighted by Crippen LogP contribution is 2.35. The fraction of sp³-hybridized carbons (Fsp3) is 0.500. The van der Waals surface area contributed by atoms with Gasteiger partial charge in [-0.3, -0.25) is 9.59 Å². The first kappa shape index (κ1) is 19.8. The van der Waals surface area contributed by atoms with Gasteiger partial charge in [0.05, 0.1) is 17.5 Å². The van der Waals surface area contributed by atoms with Gasteiger partial charge in [0.2, 0.25) is 0 Å². The van der Waals surface area contributed by atoms with Crippen molar-refractivity contribution in [2.45, 2.75) is 38.9 Å². The zero-order valence-electron chi connectivity index (χ0n) is 13.6. The standard InChI is InChI=1S/C16H20F3NO4/c1-10(2)15(3,8-14(22)23)20-13(21)9-24-12-7-5-4-6-11(12)16(17,18)19/h4-7,10H,8-9H2,1-3H3,(H,20,21)(H,22,23). The number of carboxylic acids is 1. The fourth-order valence-corrected chi connectivity index (χ4v) is 2.03. The van der Waals surface area contributed by atoms with Gasteiger partial charge in [0.25, 0.3) is 5.91 Å². The summed E-state index contributed by atoms with van der Waals surface area (Å²) in [5.41, 5.74) is -2.01. The lowest BCUT2D eigenvalue weighted by atomic mass is 9.85. The van der Waals surface area contributed by atoms with Crippen molar-refractivity contribution in [2.75, 3.05) is 6.61 Å². The normalized spacial score (nSPS) is 14.1. The number of carbonyl (C=O) groups excluding carboxylic acids is 1. The molecule has 8 heteroatoms. The second-order valence-corrected chi connectivity index (χ2v) is 5.97. The number of nitrogens with one attached hydrogen (secondary N) is 1. The molecule has 0 radical (unpaired) electrons. The van der Waals surface area contributed by atoms with Crippen LogP contribution in [-0.4, -0.2) is 29.1 Å². The quantitative estimate of drug-likeness (QED) is 0.795. The summed E-state index contributed by atoms with van der Waals surface area (Å²) in [6.45, 7) is 4.40. The summed E-state index contributed by atoms with van der Waals surface area (Å²) < 4.78 is 43.5. The lowest BCUT2D eigenvalue weighted by molar-refractivity contribution is -0.141. The molecule has 0 aliphatic carbocycles. The Morgan fingerprint density at radius 2 is 1.83 bits per heavy atom. The Balaban J connectivity index is 2.78. The number of hydrogen-bond acceptors (Lipinski definition) is 3. The van der Waals surface area contributed by atoms with Crippen molar-refractivity contribution in [3.05, 3.63) is 29.8 Å². The molecule has 0 bridgehead atoms. The summed E-state index contributed by atoms with van der Waals surface area (Å²) in [5.74, 6) is -2.43. The van der Waals surface area contributed by atoms with Crippen LogP contribution < -0.4 is 10.1 Å². The Labute approximate surface area is 137 Å². The van der Waals surface area contributed by atoms with E-state index in [1.807, 2.05) is 0 Å². The minimum atomic E-state index is -4.59. The lowest BCUT2D eigenvalue weighted by Crippen LogP contribution is -2.52. The molecule has 0 saturated heterocycles. The molecule has 5 nitrogen and oxygen atoms in total. The van der Waals surface area contributed by atoms with Gasteiger partial charge in [-0.1, -0.05) is 26.0 Å². The van der Waals surface area contributed by atoms with Gasteiger partial charge in [0.1, 0.15) is 5.75 Å². The summed E-state index contributed by atoms with van der Waals surface area (Å²) in [4.78, 5) is 22.9. The Kier molecular flexibility index (Phi) is 6.22. The van der Waals surface area contributed by atoms with E-state index < -0.39 is 41.5 Å². The SMILES string of the molecule is CC(C)C(C)(CC(=O)O)NC(=O)COc1ccccc1C(F)(F)F. The molecule has 0 heterocycles. The molecule has 1 rings (SSSR count). The highest BCUT2D eigenvalue weighted by molar-refractivity contribution is 5.79. The third kappa shape index (κ3) is 5.43. The molecule has 24 heavy (non-hydrogen) atoms. The topological polar surface area (TPSA) is 75.6 Å². The Morgan fingerprint density at radius 1 is 1.25 bits per heavy atom. The van der Waals surface area contributed by atoms with E-state index >= 15 is 0 Å². The first-order valence-electron chi connectivity index (χ1n) is 7.27. The minimum Gasteiger partial charge on any atom is -0.483 e. The molecule has 1 aromatic rings. The summed E-state index contributed by atoms with van der Waals surface area (Å²) >= 11 is 0. The highest BCUT2D eigenvalue weighted by Gasteiger charge is 2.35. The number of rotatable bonds is 7. The third-order valence-corrected chi connectivity index (χ3v) is 3.77. The number of ether oxygens (including phenoxy) is 1. The van der Waals surface area contributed by atoms with Gasteiger partial charge >= 0.3 is 12.1 Å². The van der Waals surface area contributed by atoms with Crippen molar-refractivity contribution in [2.24, 2.45) is 5.92 Å². The van der Waals surface area contributed by atoms with E-state index in [0.717, 1.165) is 12.1 Å². The van der Waals surface area contributed by atoms with E-state index in [-0.39, 0.29) is 12.3 Å². The molecular weight excluding hydrogens is 327 g/mol. The molecule has 2 N–H and O–H groups in total. The van der Waals surface area contributed by atoms with E-state index in [0.29, 0.717) is 0 Å². The summed E-state index contributed by atoms with van der Waals surface area (Å²) in [6.07, 6.45) is -4.90. The fourth-order valence-electron chi connectivity index (χ4n) is 2.03. The van der Waals surface area contributed by atoms with Crippen molar-refractivity contribution < 1.29 is 32.6 Å². The van der Waals surface area contributed by atoms with Gasteiger partial charge in [-0.2, -0.15) is 13.2 Å². The molecule has 1 atom stereocenters. The average molecular weight is 347 g/mol. The smallest absolute Gasteiger partial charge is 0.419 e. The molecule has 1 unspecified atom stereocenters. The zero-order chi connectivity index (χ0) is 18.5. The van der Waals surface area contributed by atoms with Crippen LogP contribution in [0, 0.1) is 5.92 Å². The van der Waals surface area contributed by atoms with Gasteiger partial charge < -0.3 is 15.2 Å². The molecule has 1 amide bonds. The van der Waals surface area contributed by atoms with Crippen LogP contribution in [-0.2, 0) is 15.8 Å². The molecule has 0 aromatic heterocycles. The number of aliphatic carboxylic acids is 1. The van der Waals surface area contributed by atoms with E-state index in [1.54, 1.807) is 20.8 Å². The van der Waals surface area contributed by atoms with Gasteiger partial charge in [0, 0.05) is 0 Å². The van der Waals surface area contributed by atoms with Crippen molar-refractivity contribution in [3.63, 3.8) is 0 Å². The predicted molar refractivity (Wildman–Crippen MR) is 80.6 cm³/mol. The van der Waals surface area contributed by atoms with E-state index in [9.17, 15) is 22.8 Å². The number of para-hydroxylation sites is 1. The highest BCUT2D eigenvalue weighted by atomic mass is 19.4. The van der Waals surface area contributed by atoms with Crippen LogP contribution in [0.1, 0.15) is 32.8 Å². The molecule has 0 spiro atoms. The second kappa shape index (κ2) is 7.55. The number of benzene rings is 1. The average Bonchev–Trinajstić information content (AvgIpc) is 2.43. The molecule has 0 aliphatic rings. The lowest BCUT2D eigenvalue weighted by Gasteiger charge is -2.33. The van der Waals surface area contributed by atoms with Crippen LogP contribution in [0.4, 0.5) is 13.2 Å². The van der Waals surface area contributed by atoms with Crippen LogP contribution in [0.3, 0.4) is 0 Å². The van der Waals surface area contributed by atoms with Crippen molar-refractivity contribution >= 4 is 11.9 Å². The number of carboxylic acid groups (broad SMARTS) is 1. The number of hydrogen-bond donors (Lipinski definition) is 2. The van der Waals surface area contributed by atoms with Gasteiger partial charge in [-0.05, 0) is 25.0 Å². The molecule has 0 aliphatic heterocycles. The van der Waals surface area contributed by atoms with Crippen LogP contribution >= 0.6 is 0 Å². The van der Waals surface area contributed by atoms with Crippen molar-refractivity contribution in [1.29, 1.82) is 0 Å². The van der Waals surface area contributed by atoms with Gasteiger partial charge in [0.15, 0.2) is 6.61 Å². The Morgan fingerprint density at radius 3 is 2.33 bits per heavy atom. The first-order valence-corrected chi connectivity index (χ1v) is 7.27. The number of alkyl halides is 3. The Hall–Kier alpha value is -2.25. The maximum Gasteiger partial charge on any atom is 0.419 e. The largest absolute Gasteiger partial charge is 0.483 e. The Bertz CT molecular complexity index is 601. The van der Waals surface area contributed by atoms with E-state index in [1.165, 1.54) is 12.1 Å². The first-order chi connectivity index (χ1) is 11.0. The third-order valence-electron chi connectivity index (χ3n) is 3.77. The molecular formula is C16H20F3NO4. The molecule has 0 saturated carbocycles. The van der Waals surface area contributed by atoms with E-state index in [2.05, 4.69) is 5.32 Å². The summed E-state index contributed by atoms with van der Waals surface area (Å²) in [7, 11) is 0. The van der Waals surface area contributed by atoms with Crippen LogP contribution in [0.25, 0.3) is 0 Å². The maximum absolute atomic E-state index is 12.8. The molecule has 134 valence electrons. The summed E-state index contributed by atoms with van der Waals surface area (Å²) in [6, 6.07) is 4.56. The van der Waals surface area contributed by atoms with Crippen LogP contribution in [0.2, 0.25) is 0 Å². The number of amides is 1. The van der Waals surface area contributed by atoms with Crippen molar-refractivity contribution in [3.8, 4) is 5.75 Å². The molecule has 0 fully saturated rings. The molecule has 1 aromatic carbocycles. The van der Waals surface area contributed by atoms with Crippen LogP contribution in [0.5, 0.6) is 5.75 Å². The number of halogens is 3. The number of carbonyl (C=O) groups is 2. The minimum absolute atomic E-state index is 0.194. The van der Waals surface area contributed by atoms with Gasteiger partial charge in [-0.15, -0.1) is 0 Å². The zero-order valence-corrected chi connectivity index (χ0v) is 13.6. The van der Waals surface area contributed by atoms with E-state index in [4.69, 9.17) is 9.84 Å². The van der Waals surface area contributed by atoms with Crippen molar-refractivity contribution in [1.82, 2.24) is 5.32 Å². The predicted octanol–water partition coefficient (Wildman–Crippen LogP) is 3.09. The monoisotopic (exact) mass is 347 g/mol. The second-order valence-electron chi connectivity index (χ2n) is 5.97. The summed E-state index contributed by atoms with van der Waals surface area (Å²) in [5, 5.41) is 11.5.